The number of nitrogens with one attached hydrogen (secondary N) is 1. The van der Waals surface area contributed by atoms with E-state index in [0.717, 1.165) is 37.6 Å². The lowest BCUT2D eigenvalue weighted by molar-refractivity contribution is 0.0770. The molecular formula is C15H17N3O. The highest BCUT2D eigenvalue weighted by Gasteiger charge is 2.13. The second-order valence-corrected chi connectivity index (χ2v) is 4.70. The third kappa shape index (κ3) is 3.16. The number of hydrogen-bond acceptors (Lipinski definition) is 4. The van der Waals surface area contributed by atoms with E-state index in [0.29, 0.717) is 6.04 Å². The van der Waals surface area contributed by atoms with Gasteiger partial charge in [0.2, 0.25) is 0 Å². The molecule has 4 heteroatoms. The van der Waals surface area contributed by atoms with Gasteiger partial charge in [-0.1, -0.05) is 18.2 Å². The van der Waals surface area contributed by atoms with E-state index in [1.807, 2.05) is 12.1 Å². The van der Waals surface area contributed by atoms with Crippen molar-refractivity contribution in [3.63, 3.8) is 0 Å². The summed E-state index contributed by atoms with van der Waals surface area (Å²) in [7, 11) is 0. The lowest BCUT2D eigenvalue weighted by Gasteiger charge is -2.23. The number of benzene rings is 1. The maximum absolute atomic E-state index is 5.48. The lowest BCUT2D eigenvalue weighted by atomic mass is 10.0. The zero-order chi connectivity index (χ0) is 12.9. The van der Waals surface area contributed by atoms with E-state index in [1.165, 1.54) is 5.56 Å². The molecule has 1 fully saturated rings. The van der Waals surface area contributed by atoms with E-state index in [1.54, 1.807) is 12.4 Å². The molecule has 19 heavy (non-hydrogen) atoms. The monoisotopic (exact) mass is 255 g/mol. The van der Waals surface area contributed by atoms with Gasteiger partial charge >= 0.3 is 0 Å². The van der Waals surface area contributed by atoms with Crippen molar-refractivity contribution < 1.29 is 4.74 Å². The largest absolute Gasteiger partial charge is 0.379 e. The molecule has 1 aliphatic heterocycles. The number of ether oxygens (including phenoxy) is 1. The highest BCUT2D eigenvalue weighted by atomic mass is 16.5. The van der Waals surface area contributed by atoms with Gasteiger partial charge in [-0.05, 0) is 24.1 Å². The molecule has 0 unspecified atom stereocenters. The average Bonchev–Trinajstić information content (AvgIpc) is 2.49. The van der Waals surface area contributed by atoms with Gasteiger partial charge in [0, 0.05) is 30.5 Å². The first-order valence-electron chi connectivity index (χ1n) is 6.59. The second-order valence-electron chi connectivity index (χ2n) is 4.70. The minimum atomic E-state index is 0.403. The molecule has 0 saturated carbocycles. The summed E-state index contributed by atoms with van der Waals surface area (Å²) in [5.41, 5.74) is 2.35. The Bertz CT molecular complexity index is 524. The fraction of sp³-hybridized carbons (Fsp3) is 0.333. The van der Waals surface area contributed by atoms with Crippen molar-refractivity contribution >= 4 is 0 Å². The van der Waals surface area contributed by atoms with Gasteiger partial charge in [0.25, 0.3) is 0 Å². The minimum absolute atomic E-state index is 0.403. The Morgan fingerprint density at radius 3 is 2.89 bits per heavy atom. The van der Waals surface area contributed by atoms with Crippen LogP contribution >= 0.6 is 0 Å². The Morgan fingerprint density at radius 2 is 2.11 bits per heavy atom. The molecule has 0 spiro atoms. The zero-order valence-corrected chi connectivity index (χ0v) is 10.7. The number of rotatable bonds is 3. The van der Waals surface area contributed by atoms with Crippen LogP contribution in [0.1, 0.15) is 5.56 Å². The SMILES string of the molecule is c1cnc(-c2cccc(C[C@@H]3COCCN3)c2)nc1. The van der Waals surface area contributed by atoms with Crippen molar-refractivity contribution in [3.05, 3.63) is 48.3 Å². The smallest absolute Gasteiger partial charge is 0.159 e. The molecule has 0 amide bonds. The Labute approximate surface area is 112 Å². The molecule has 0 aliphatic carbocycles. The molecule has 4 nitrogen and oxygen atoms in total. The van der Waals surface area contributed by atoms with E-state index in [4.69, 9.17) is 4.74 Å². The number of nitrogens with zero attached hydrogens (tertiary/aromatic N) is 2. The van der Waals surface area contributed by atoms with Crippen LogP contribution in [0.3, 0.4) is 0 Å². The van der Waals surface area contributed by atoms with Crippen LogP contribution in [0.25, 0.3) is 11.4 Å². The third-order valence-corrected chi connectivity index (χ3v) is 3.23. The summed E-state index contributed by atoms with van der Waals surface area (Å²) in [6.07, 6.45) is 4.51. The van der Waals surface area contributed by atoms with Crippen molar-refractivity contribution in [3.8, 4) is 11.4 Å². The number of morpholine rings is 1. The molecular weight excluding hydrogens is 238 g/mol. The van der Waals surface area contributed by atoms with Gasteiger partial charge in [0.05, 0.1) is 13.2 Å². The highest BCUT2D eigenvalue weighted by Crippen LogP contribution is 2.17. The Kier molecular flexibility index (Phi) is 3.81. The molecule has 1 saturated heterocycles. The number of aromatic nitrogens is 2. The topological polar surface area (TPSA) is 47.0 Å². The van der Waals surface area contributed by atoms with Crippen LogP contribution < -0.4 is 5.32 Å². The third-order valence-electron chi connectivity index (χ3n) is 3.23. The molecule has 2 heterocycles. The Morgan fingerprint density at radius 1 is 1.21 bits per heavy atom. The second kappa shape index (κ2) is 5.91. The van der Waals surface area contributed by atoms with Gasteiger partial charge in [-0.2, -0.15) is 0 Å². The predicted molar refractivity (Wildman–Crippen MR) is 73.8 cm³/mol. The highest BCUT2D eigenvalue weighted by molar-refractivity contribution is 5.55. The van der Waals surface area contributed by atoms with Crippen molar-refractivity contribution in [2.75, 3.05) is 19.8 Å². The molecule has 3 rings (SSSR count). The first kappa shape index (κ1) is 12.3. The lowest BCUT2D eigenvalue weighted by Crippen LogP contribution is -2.42. The van der Waals surface area contributed by atoms with Crippen LogP contribution in [0.15, 0.2) is 42.7 Å². The summed E-state index contributed by atoms with van der Waals surface area (Å²) in [6.45, 7) is 2.53. The van der Waals surface area contributed by atoms with Crippen molar-refractivity contribution in [2.45, 2.75) is 12.5 Å². The van der Waals surface area contributed by atoms with Crippen LogP contribution in [0.2, 0.25) is 0 Å². The molecule has 1 N–H and O–H groups in total. The first-order valence-corrected chi connectivity index (χ1v) is 6.59. The van der Waals surface area contributed by atoms with Gasteiger partial charge in [-0.3, -0.25) is 0 Å². The van der Waals surface area contributed by atoms with E-state index in [9.17, 15) is 0 Å². The summed E-state index contributed by atoms with van der Waals surface area (Å²) in [5.74, 6) is 0.775. The summed E-state index contributed by atoms with van der Waals surface area (Å²) in [5, 5.41) is 3.47. The zero-order valence-electron chi connectivity index (χ0n) is 10.7. The summed E-state index contributed by atoms with van der Waals surface area (Å²) >= 11 is 0. The maximum atomic E-state index is 5.48. The number of hydrogen-bond donors (Lipinski definition) is 1. The molecule has 1 aromatic heterocycles. The van der Waals surface area contributed by atoms with E-state index < -0.39 is 0 Å². The van der Waals surface area contributed by atoms with Crippen LogP contribution in [0, 0.1) is 0 Å². The van der Waals surface area contributed by atoms with Crippen LogP contribution in [-0.2, 0) is 11.2 Å². The quantitative estimate of drug-likeness (QED) is 0.906. The standard InChI is InChI=1S/C15H17N3O/c1-3-12(10-14-11-19-8-7-16-14)9-13(4-1)15-17-5-2-6-18-15/h1-6,9,14,16H,7-8,10-11H2/t14-/m1/s1. The van der Waals surface area contributed by atoms with Gasteiger partial charge in [-0.25, -0.2) is 9.97 Å². The molecule has 1 atom stereocenters. The Balaban J connectivity index is 1.76. The van der Waals surface area contributed by atoms with Crippen molar-refractivity contribution in [1.29, 1.82) is 0 Å². The van der Waals surface area contributed by atoms with Gasteiger partial charge in [0.15, 0.2) is 5.82 Å². The fourth-order valence-corrected chi connectivity index (χ4v) is 2.32. The van der Waals surface area contributed by atoms with Crippen LogP contribution in [-0.4, -0.2) is 35.8 Å². The van der Waals surface area contributed by atoms with Gasteiger partial charge in [0.1, 0.15) is 0 Å². The van der Waals surface area contributed by atoms with E-state index in [2.05, 4.69) is 33.5 Å². The first-order chi connectivity index (χ1) is 9.42. The average molecular weight is 255 g/mol. The molecule has 98 valence electrons. The van der Waals surface area contributed by atoms with Crippen molar-refractivity contribution in [1.82, 2.24) is 15.3 Å². The molecule has 1 aromatic carbocycles. The van der Waals surface area contributed by atoms with E-state index >= 15 is 0 Å². The van der Waals surface area contributed by atoms with Crippen LogP contribution in [0.4, 0.5) is 0 Å². The van der Waals surface area contributed by atoms with Gasteiger partial charge < -0.3 is 10.1 Å². The molecule has 2 aromatic rings. The normalized spacial score (nSPS) is 19.3. The van der Waals surface area contributed by atoms with E-state index in [-0.39, 0.29) is 0 Å². The van der Waals surface area contributed by atoms with Crippen molar-refractivity contribution in [2.24, 2.45) is 0 Å². The molecule has 1 aliphatic rings. The molecule has 0 radical (unpaired) electrons. The summed E-state index contributed by atoms with van der Waals surface area (Å²) < 4.78 is 5.48. The maximum Gasteiger partial charge on any atom is 0.159 e. The molecule has 0 bridgehead atoms. The van der Waals surface area contributed by atoms with Gasteiger partial charge in [-0.15, -0.1) is 0 Å². The Hall–Kier alpha value is -1.78. The fourth-order valence-electron chi connectivity index (χ4n) is 2.32. The summed E-state index contributed by atoms with van der Waals surface area (Å²) in [4.78, 5) is 8.57. The summed E-state index contributed by atoms with van der Waals surface area (Å²) in [6, 6.07) is 10.6. The minimum Gasteiger partial charge on any atom is -0.379 e. The predicted octanol–water partition coefficient (Wildman–Crippen LogP) is 1.67. The van der Waals surface area contributed by atoms with Crippen LogP contribution in [0.5, 0.6) is 0 Å².